The summed E-state index contributed by atoms with van der Waals surface area (Å²) in [6.07, 6.45) is 1.48. The highest BCUT2D eigenvalue weighted by Gasteiger charge is 2.11. The molecule has 0 saturated carbocycles. The zero-order valence-electron chi connectivity index (χ0n) is 13.4. The maximum Gasteiger partial charge on any atom is 0.194 e. The Kier molecular flexibility index (Phi) is 5.61. The summed E-state index contributed by atoms with van der Waals surface area (Å²) in [6.45, 7) is 3.14. The first kappa shape index (κ1) is 16.9. The minimum absolute atomic E-state index is 0.0507. The number of aliphatic imine (C=N–C) groups is 1. The molecule has 0 saturated heterocycles. The summed E-state index contributed by atoms with van der Waals surface area (Å²) < 4.78 is 28.6. The predicted molar refractivity (Wildman–Crippen MR) is 83.6 cm³/mol. The molecule has 0 aliphatic heterocycles. The number of nitrogens with one attached hydrogen (secondary N) is 1. The number of nitrogens with zero attached hydrogens (tertiary/aromatic N) is 5. The van der Waals surface area contributed by atoms with Crippen LogP contribution in [-0.4, -0.2) is 39.2 Å². The molecule has 1 N–H and O–H groups in total. The summed E-state index contributed by atoms with van der Waals surface area (Å²) >= 11 is 0. The van der Waals surface area contributed by atoms with Crippen molar-refractivity contribution in [2.45, 2.75) is 20.0 Å². The lowest BCUT2D eigenvalue weighted by molar-refractivity contribution is 0.448. The Morgan fingerprint density at radius 2 is 2.17 bits per heavy atom. The first-order valence-corrected chi connectivity index (χ1v) is 7.27. The third kappa shape index (κ3) is 4.48. The number of guanidine groups is 1. The van der Waals surface area contributed by atoms with Gasteiger partial charge >= 0.3 is 0 Å². The van der Waals surface area contributed by atoms with Crippen molar-refractivity contribution < 1.29 is 8.78 Å². The molecule has 0 spiro atoms. The molecule has 2 rings (SSSR count). The standard InChI is InChI=1S/C15H20F2N6/c1-4-18-15(22(2)9-14-20-10-21-23(14)3)19-8-11-7-12(16)5-6-13(11)17/h5-7,10H,4,8-9H2,1-3H3,(H,18,19). The second-order valence-electron chi connectivity index (χ2n) is 5.06. The number of hydrogen-bond donors (Lipinski definition) is 1. The monoisotopic (exact) mass is 322 g/mol. The van der Waals surface area contributed by atoms with Gasteiger partial charge in [0.25, 0.3) is 0 Å². The molecule has 0 aliphatic rings. The van der Waals surface area contributed by atoms with Gasteiger partial charge in [-0.2, -0.15) is 5.10 Å². The van der Waals surface area contributed by atoms with Crippen molar-refractivity contribution in [3.05, 3.63) is 47.5 Å². The molecule has 0 bridgehead atoms. The first-order valence-electron chi connectivity index (χ1n) is 7.27. The van der Waals surface area contributed by atoms with Crippen LogP contribution in [0.25, 0.3) is 0 Å². The van der Waals surface area contributed by atoms with Crippen LogP contribution in [0.15, 0.2) is 29.5 Å². The zero-order chi connectivity index (χ0) is 16.8. The van der Waals surface area contributed by atoms with Crippen LogP contribution in [0.4, 0.5) is 8.78 Å². The maximum absolute atomic E-state index is 13.7. The Morgan fingerprint density at radius 1 is 1.39 bits per heavy atom. The largest absolute Gasteiger partial charge is 0.357 e. The van der Waals surface area contributed by atoms with E-state index in [0.29, 0.717) is 19.0 Å². The normalized spacial score (nSPS) is 11.6. The Labute approximate surface area is 133 Å². The molecule has 124 valence electrons. The van der Waals surface area contributed by atoms with E-state index in [1.807, 2.05) is 25.9 Å². The van der Waals surface area contributed by atoms with Gasteiger partial charge in [0, 0.05) is 26.2 Å². The van der Waals surface area contributed by atoms with Gasteiger partial charge in [0.15, 0.2) is 5.96 Å². The van der Waals surface area contributed by atoms with E-state index in [9.17, 15) is 8.78 Å². The maximum atomic E-state index is 13.7. The van der Waals surface area contributed by atoms with Crippen LogP contribution in [0.2, 0.25) is 0 Å². The first-order chi connectivity index (χ1) is 11.0. The van der Waals surface area contributed by atoms with Gasteiger partial charge in [0.05, 0.1) is 13.1 Å². The van der Waals surface area contributed by atoms with Crippen molar-refractivity contribution in [2.24, 2.45) is 12.0 Å². The van der Waals surface area contributed by atoms with Gasteiger partial charge in [0.2, 0.25) is 0 Å². The molecule has 8 heteroatoms. The fourth-order valence-electron chi connectivity index (χ4n) is 2.04. The molecule has 0 amide bonds. The van der Waals surface area contributed by atoms with Crippen LogP contribution in [0, 0.1) is 11.6 Å². The molecule has 0 unspecified atom stereocenters. The summed E-state index contributed by atoms with van der Waals surface area (Å²) in [4.78, 5) is 10.4. The summed E-state index contributed by atoms with van der Waals surface area (Å²) in [5.74, 6) is 0.408. The number of benzene rings is 1. The lowest BCUT2D eigenvalue weighted by atomic mass is 10.2. The molecule has 0 atom stereocenters. The van der Waals surface area contributed by atoms with Gasteiger partial charge in [-0.3, -0.25) is 4.68 Å². The number of halogens is 2. The van der Waals surface area contributed by atoms with Crippen molar-refractivity contribution in [2.75, 3.05) is 13.6 Å². The molecule has 0 aliphatic carbocycles. The van der Waals surface area contributed by atoms with Gasteiger partial charge in [-0.15, -0.1) is 0 Å². The zero-order valence-corrected chi connectivity index (χ0v) is 13.4. The average molecular weight is 322 g/mol. The highest BCUT2D eigenvalue weighted by atomic mass is 19.1. The molecule has 0 fully saturated rings. The molecular weight excluding hydrogens is 302 g/mol. The minimum Gasteiger partial charge on any atom is -0.357 e. The Morgan fingerprint density at radius 3 is 2.83 bits per heavy atom. The molecule has 1 aromatic carbocycles. The molecule has 1 aromatic heterocycles. The third-order valence-electron chi connectivity index (χ3n) is 3.29. The van der Waals surface area contributed by atoms with Crippen molar-refractivity contribution in [3.63, 3.8) is 0 Å². The molecule has 2 aromatic rings. The lowest BCUT2D eigenvalue weighted by Gasteiger charge is -2.21. The van der Waals surface area contributed by atoms with Crippen molar-refractivity contribution in [1.29, 1.82) is 0 Å². The van der Waals surface area contributed by atoms with Crippen LogP contribution < -0.4 is 5.32 Å². The quantitative estimate of drug-likeness (QED) is 0.672. The van der Waals surface area contributed by atoms with Crippen LogP contribution in [0.1, 0.15) is 18.3 Å². The van der Waals surface area contributed by atoms with Crippen LogP contribution in [-0.2, 0) is 20.1 Å². The number of aromatic nitrogens is 3. The lowest BCUT2D eigenvalue weighted by Crippen LogP contribution is -2.39. The average Bonchev–Trinajstić information content (AvgIpc) is 2.91. The fourth-order valence-corrected chi connectivity index (χ4v) is 2.04. The minimum atomic E-state index is -0.478. The Balaban J connectivity index is 2.13. The predicted octanol–water partition coefficient (Wildman–Crippen LogP) is 1.69. The number of rotatable bonds is 5. The van der Waals surface area contributed by atoms with Crippen LogP contribution >= 0.6 is 0 Å². The van der Waals surface area contributed by atoms with Crippen LogP contribution in [0.5, 0.6) is 0 Å². The van der Waals surface area contributed by atoms with E-state index < -0.39 is 11.6 Å². The van der Waals surface area contributed by atoms with Gasteiger partial charge in [-0.1, -0.05) is 0 Å². The van der Waals surface area contributed by atoms with Crippen molar-refractivity contribution in [1.82, 2.24) is 25.0 Å². The van der Waals surface area contributed by atoms with E-state index in [-0.39, 0.29) is 12.1 Å². The van der Waals surface area contributed by atoms with Gasteiger partial charge in [-0.05, 0) is 25.1 Å². The second-order valence-corrected chi connectivity index (χ2v) is 5.06. The van der Waals surface area contributed by atoms with E-state index in [1.54, 1.807) is 4.68 Å². The van der Waals surface area contributed by atoms with Gasteiger partial charge in [0.1, 0.15) is 23.8 Å². The molecule has 0 radical (unpaired) electrons. The molecule has 6 nitrogen and oxygen atoms in total. The van der Waals surface area contributed by atoms with E-state index in [0.717, 1.165) is 24.0 Å². The summed E-state index contributed by atoms with van der Waals surface area (Å²) in [6, 6.07) is 3.36. The van der Waals surface area contributed by atoms with E-state index >= 15 is 0 Å². The summed E-state index contributed by atoms with van der Waals surface area (Å²) in [7, 11) is 3.65. The second kappa shape index (κ2) is 7.66. The highest BCUT2D eigenvalue weighted by molar-refractivity contribution is 5.79. The van der Waals surface area contributed by atoms with E-state index in [1.165, 1.54) is 6.33 Å². The third-order valence-corrected chi connectivity index (χ3v) is 3.29. The number of aryl methyl sites for hydroxylation is 1. The summed E-state index contributed by atoms with van der Waals surface area (Å²) in [5.41, 5.74) is 0.215. The SMILES string of the molecule is CCNC(=NCc1cc(F)ccc1F)N(C)Cc1ncnn1C. The summed E-state index contributed by atoms with van der Waals surface area (Å²) in [5, 5.41) is 7.14. The smallest absolute Gasteiger partial charge is 0.194 e. The molecular formula is C15H20F2N6. The van der Waals surface area contributed by atoms with E-state index in [2.05, 4.69) is 20.4 Å². The topological polar surface area (TPSA) is 58.3 Å². The fraction of sp³-hybridized carbons (Fsp3) is 0.400. The van der Waals surface area contributed by atoms with Crippen molar-refractivity contribution >= 4 is 5.96 Å². The Hall–Kier alpha value is -2.51. The molecule has 23 heavy (non-hydrogen) atoms. The molecule has 1 heterocycles. The van der Waals surface area contributed by atoms with E-state index in [4.69, 9.17) is 0 Å². The van der Waals surface area contributed by atoms with Crippen LogP contribution in [0.3, 0.4) is 0 Å². The number of hydrogen-bond acceptors (Lipinski definition) is 3. The Bertz CT molecular complexity index is 682. The highest BCUT2D eigenvalue weighted by Crippen LogP contribution is 2.11. The van der Waals surface area contributed by atoms with Gasteiger partial charge < -0.3 is 10.2 Å². The van der Waals surface area contributed by atoms with Crippen molar-refractivity contribution in [3.8, 4) is 0 Å². The van der Waals surface area contributed by atoms with Gasteiger partial charge in [-0.25, -0.2) is 18.8 Å².